The first-order valence-electron chi connectivity index (χ1n) is 6.85. The summed E-state index contributed by atoms with van der Waals surface area (Å²) in [4.78, 5) is 8.78. The van der Waals surface area contributed by atoms with E-state index in [-0.39, 0.29) is 6.10 Å². The Balaban J connectivity index is 1.98. The zero-order valence-electron chi connectivity index (χ0n) is 11.9. The summed E-state index contributed by atoms with van der Waals surface area (Å²) in [5, 5.41) is 3.33. The van der Waals surface area contributed by atoms with Gasteiger partial charge in [-0.05, 0) is 45.4 Å². The number of rotatable bonds is 7. The molecule has 1 fully saturated rings. The molecule has 0 atom stereocenters. The number of anilines is 1. The minimum Gasteiger partial charge on any atom is -0.475 e. The first kappa shape index (κ1) is 14.4. The number of hydrogen-bond donors (Lipinski definition) is 1. The second kappa shape index (κ2) is 5.95. The molecular weight excluding hydrogens is 262 g/mol. The molecule has 1 saturated carbocycles. The van der Waals surface area contributed by atoms with Crippen LogP contribution in [-0.4, -0.2) is 28.5 Å². The van der Waals surface area contributed by atoms with Crippen LogP contribution in [0.1, 0.15) is 38.8 Å². The highest BCUT2D eigenvalue weighted by Gasteiger charge is 2.41. The van der Waals surface area contributed by atoms with Crippen molar-refractivity contribution in [3.63, 3.8) is 0 Å². The molecule has 1 heterocycles. The predicted octanol–water partition coefficient (Wildman–Crippen LogP) is 3.39. The Morgan fingerprint density at radius 2 is 2.16 bits per heavy atom. The van der Waals surface area contributed by atoms with Gasteiger partial charge in [0.05, 0.1) is 6.10 Å². The summed E-state index contributed by atoms with van der Waals surface area (Å²) in [6, 6.07) is 1.86. The van der Waals surface area contributed by atoms with Crippen molar-refractivity contribution in [2.75, 3.05) is 17.7 Å². The lowest BCUT2D eigenvalue weighted by atomic mass is 10.0. The van der Waals surface area contributed by atoms with E-state index in [1.807, 2.05) is 26.8 Å². The Morgan fingerprint density at radius 3 is 2.74 bits per heavy atom. The van der Waals surface area contributed by atoms with Crippen molar-refractivity contribution < 1.29 is 4.74 Å². The molecule has 0 aromatic carbocycles. The molecule has 1 aliphatic carbocycles. The van der Waals surface area contributed by atoms with Crippen LogP contribution in [0.3, 0.4) is 0 Å². The second-order valence-corrected chi connectivity index (χ2v) is 6.01. The Bertz CT molecular complexity index is 433. The van der Waals surface area contributed by atoms with E-state index in [1.54, 1.807) is 0 Å². The number of nitrogens with one attached hydrogen (secondary N) is 1. The van der Waals surface area contributed by atoms with Crippen LogP contribution in [0.4, 0.5) is 5.95 Å². The van der Waals surface area contributed by atoms with E-state index in [0.29, 0.717) is 17.2 Å². The number of halogens is 1. The quantitative estimate of drug-likeness (QED) is 0.779. The fraction of sp³-hybridized carbons (Fsp3) is 0.714. The van der Waals surface area contributed by atoms with Crippen molar-refractivity contribution in [1.29, 1.82) is 0 Å². The maximum atomic E-state index is 5.84. The molecule has 0 radical (unpaired) electrons. The van der Waals surface area contributed by atoms with Gasteiger partial charge in [0.25, 0.3) is 0 Å². The smallest absolute Gasteiger partial charge is 0.226 e. The van der Waals surface area contributed by atoms with Crippen LogP contribution >= 0.6 is 11.6 Å². The highest BCUT2D eigenvalue weighted by molar-refractivity contribution is 6.17. The molecule has 1 aliphatic rings. The van der Waals surface area contributed by atoms with E-state index in [4.69, 9.17) is 16.3 Å². The Morgan fingerprint density at radius 1 is 1.42 bits per heavy atom. The molecule has 4 nitrogen and oxygen atoms in total. The van der Waals surface area contributed by atoms with Gasteiger partial charge in [0.15, 0.2) is 0 Å². The second-order valence-electron chi connectivity index (χ2n) is 5.63. The van der Waals surface area contributed by atoms with E-state index in [1.165, 1.54) is 12.8 Å². The number of aromatic nitrogens is 2. The highest BCUT2D eigenvalue weighted by atomic mass is 35.5. The SMILES string of the molecule is Cc1cc(OC(C)C)nc(NCC2(CCCl)CC2)n1. The first-order valence-corrected chi connectivity index (χ1v) is 7.39. The molecule has 19 heavy (non-hydrogen) atoms. The minimum absolute atomic E-state index is 0.119. The highest BCUT2D eigenvalue weighted by Crippen LogP contribution is 2.48. The van der Waals surface area contributed by atoms with Gasteiger partial charge in [0, 0.05) is 24.2 Å². The summed E-state index contributed by atoms with van der Waals surface area (Å²) < 4.78 is 5.62. The van der Waals surface area contributed by atoms with Gasteiger partial charge in [-0.1, -0.05) is 0 Å². The van der Waals surface area contributed by atoms with Gasteiger partial charge in [-0.2, -0.15) is 4.98 Å². The van der Waals surface area contributed by atoms with Gasteiger partial charge in [-0.25, -0.2) is 4.98 Å². The van der Waals surface area contributed by atoms with Crippen molar-refractivity contribution in [1.82, 2.24) is 9.97 Å². The lowest BCUT2D eigenvalue weighted by molar-refractivity contribution is 0.232. The molecule has 0 unspecified atom stereocenters. The molecule has 5 heteroatoms. The van der Waals surface area contributed by atoms with Crippen molar-refractivity contribution in [2.24, 2.45) is 5.41 Å². The van der Waals surface area contributed by atoms with E-state index in [9.17, 15) is 0 Å². The summed E-state index contributed by atoms with van der Waals surface area (Å²) in [7, 11) is 0. The molecule has 0 amide bonds. The van der Waals surface area contributed by atoms with Gasteiger partial charge in [-0.3, -0.25) is 0 Å². The normalized spacial score (nSPS) is 16.5. The average molecular weight is 284 g/mol. The van der Waals surface area contributed by atoms with Crippen molar-refractivity contribution in [3.05, 3.63) is 11.8 Å². The van der Waals surface area contributed by atoms with Crippen LogP contribution in [0, 0.1) is 12.3 Å². The number of aryl methyl sites for hydroxylation is 1. The van der Waals surface area contributed by atoms with Crippen molar-refractivity contribution >= 4 is 17.5 Å². The van der Waals surface area contributed by atoms with Gasteiger partial charge in [0.1, 0.15) is 0 Å². The number of hydrogen-bond acceptors (Lipinski definition) is 4. The lowest BCUT2D eigenvalue weighted by Crippen LogP contribution is -2.18. The van der Waals surface area contributed by atoms with E-state index in [2.05, 4.69) is 15.3 Å². The lowest BCUT2D eigenvalue weighted by Gasteiger charge is -2.15. The van der Waals surface area contributed by atoms with Crippen molar-refractivity contribution in [3.8, 4) is 5.88 Å². The molecule has 106 valence electrons. The van der Waals surface area contributed by atoms with Crippen LogP contribution in [0.15, 0.2) is 6.07 Å². The number of ether oxygens (including phenoxy) is 1. The molecule has 0 saturated heterocycles. The fourth-order valence-electron chi connectivity index (χ4n) is 2.08. The van der Waals surface area contributed by atoms with E-state index in [0.717, 1.165) is 24.5 Å². The number of alkyl halides is 1. The molecule has 1 aromatic rings. The summed E-state index contributed by atoms with van der Waals surface area (Å²) >= 11 is 5.84. The molecule has 1 N–H and O–H groups in total. The third kappa shape index (κ3) is 4.23. The average Bonchev–Trinajstić information content (AvgIpc) is 3.06. The summed E-state index contributed by atoms with van der Waals surface area (Å²) in [5.41, 5.74) is 1.28. The van der Waals surface area contributed by atoms with Gasteiger partial charge < -0.3 is 10.1 Å². The molecule has 0 bridgehead atoms. The molecular formula is C14H22ClN3O. The van der Waals surface area contributed by atoms with Crippen LogP contribution in [-0.2, 0) is 0 Å². The van der Waals surface area contributed by atoms with Gasteiger partial charge in [-0.15, -0.1) is 11.6 Å². The topological polar surface area (TPSA) is 47.0 Å². The fourth-order valence-corrected chi connectivity index (χ4v) is 2.48. The molecule has 2 rings (SSSR count). The molecule has 0 aliphatic heterocycles. The monoisotopic (exact) mass is 283 g/mol. The van der Waals surface area contributed by atoms with Crippen LogP contribution in [0.25, 0.3) is 0 Å². The third-order valence-electron chi connectivity index (χ3n) is 3.39. The summed E-state index contributed by atoms with van der Waals surface area (Å²) in [6.45, 7) is 6.82. The summed E-state index contributed by atoms with van der Waals surface area (Å²) in [6.07, 6.45) is 3.66. The van der Waals surface area contributed by atoms with E-state index < -0.39 is 0 Å². The number of nitrogens with zero attached hydrogens (tertiary/aromatic N) is 2. The maximum absolute atomic E-state index is 5.84. The van der Waals surface area contributed by atoms with Crippen molar-refractivity contribution in [2.45, 2.75) is 46.1 Å². The standard InChI is InChI=1S/C14H22ClN3O/c1-10(2)19-12-8-11(3)17-13(18-12)16-9-14(4-5-14)6-7-15/h8,10H,4-7,9H2,1-3H3,(H,16,17,18). The Kier molecular flexibility index (Phi) is 4.50. The minimum atomic E-state index is 0.119. The van der Waals surface area contributed by atoms with Crippen LogP contribution in [0.5, 0.6) is 5.88 Å². The Labute approximate surface area is 119 Å². The zero-order chi connectivity index (χ0) is 13.9. The van der Waals surface area contributed by atoms with Crippen LogP contribution in [0.2, 0.25) is 0 Å². The van der Waals surface area contributed by atoms with E-state index >= 15 is 0 Å². The van der Waals surface area contributed by atoms with Gasteiger partial charge >= 0.3 is 0 Å². The predicted molar refractivity (Wildman–Crippen MR) is 78.0 cm³/mol. The first-order chi connectivity index (χ1) is 9.03. The summed E-state index contributed by atoms with van der Waals surface area (Å²) in [5.74, 6) is 2.00. The molecule has 0 spiro atoms. The maximum Gasteiger partial charge on any atom is 0.226 e. The largest absolute Gasteiger partial charge is 0.475 e. The third-order valence-corrected chi connectivity index (χ3v) is 3.58. The zero-order valence-corrected chi connectivity index (χ0v) is 12.6. The molecule has 1 aromatic heterocycles. The Hall–Kier alpha value is -1.03. The van der Waals surface area contributed by atoms with Crippen LogP contribution < -0.4 is 10.1 Å². The van der Waals surface area contributed by atoms with Gasteiger partial charge in [0.2, 0.25) is 11.8 Å².